The number of halogens is 1. The van der Waals surface area contributed by atoms with Crippen molar-refractivity contribution < 1.29 is 4.79 Å². The largest absolute Gasteiger partial charge is 0.349 e. The van der Waals surface area contributed by atoms with Crippen LogP contribution in [0.3, 0.4) is 0 Å². The van der Waals surface area contributed by atoms with Crippen LogP contribution in [-0.2, 0) is 11.3 Å². The number of rotatable bonds is 3. The average Bonchev–Trinajstić information content (AvgIpc) is 2.68. The van der Waals surface area contributed by atoms with Crippen LogP contribution >= 0.6 is 11.6 Å². The van der Waals surface area contributed by atoms with Crippen molar-refractivity contribution in [2.75, 3.05) is 14.1 Å². The van der Waals surface area contributed by atoms with Crippen LogP contribution in [0.4, 0.5) is 0 Å². The van der Waals surface area contributed by atoms with E-state index in [1.165, 1.54) is 0 Å². The molecule has 0 aliphatic rings. The fraction of sp³-hybridized carbons (Fsp3) is 0.308. The number of carbonyl (C=O) groups excluding carboxylic acids is 1. The first-order valence-corrected chi connectivity index (χ1v) is 5.90. The van der Waals surface area contributed by atoms with Gasteiger partial charge in [-0.2, -0.15) is 0 Å². The van der Waals surface area contributed by atoms with Crippen LogP contribution in [0.2, 0.25) is 5.02 Å². The SMILES string of the molecule is CN(C)C(=O)CCn1ccc2ccc(Cl)cc21. The topological polar surface area (TPSA) is 25.2 Å². The smallest absolute Gasteiger partial charge is 0.223 e. The summed E-state index contributed by atoms with van der Waals surface area (Å²) in [6.07, 6.45) is 2.49. The monoisotopic (exact) mass is 250 g/mol. The van der Waals surface area contributed by atoms with Gasteiger partial charge in [-0.15, -0.1) is 0 Å². The van der Waals surface area contributed by atoms with Crippen LogP contribution in [0.5, 0.6) is 0 Å². The Morgan fingerprint density at radius 1 is 1.35 bits per heavy atom. The number of amides is 1. The standard InChI is InChI=1S/C13H15ClN2O/c1-15(2)13(17)6-8-16-7-5-10-3-4-11(14)9-12(10)16/h3-5,7,9H,6,8H2,1-2H3. The predicted octanol–water partition coefficient (Wildman–Crippen LogP) is 2.77. The van der Waals surface area contributed by atoms with Crippen molar-refractivity contribution in [1.29, 1.82) is 0 Å². The fourth-order valence-corrected chi connectivity index (χ4v) is 1.96. The summed E-state index contributed by atoms with van der Waals surface area (Å²) in [6.45, 7) is 0.681. The average molecular weight is 251 g/mol. The zero-order valence-electron chi connectivity index (χ0n) is 9.98. The number of aryl methyl sites for hydroxylation is 1. The summed E-state index contributed by atoms with van der Waals surface area (Å²) in [5, 5.41) is 1.86. The number of fused-ring (bicyclic) bond motifs is 1. The maximum absolute atomic E-state index is 11.5. The summed E-state index contributed by atoms with van der Waals surface area (Å²) in [6, 6.07) is 7.82. The molecule has 1 aromatic carbocycles. The van der Waals surface area contributed by atoms with Crippen LogP contribution in [0.1, 0.15) is 6.42 Å². The highest BCUT2D eigenvalue weighted by Gasteiger charge is 2.06. The van der Waals surface area contributed by atoms with Crippen LogP contribution in [0, 0.1) is 0 Å². The van der Waals surface area contributed by atoms with Crippen LogP contribution < -0.4 is 0 Å². The maximum Gasteiger partial charge on any atom is 0.223 e. The van der Waals surface area contributed by atoms with Crippen molar-refractivity contribution in [2.45, 2.75) is 13.0 Å². The lowest BCUT2D eigenvalue weighted by molar-refractivity contribution is -0.128. The van der Waals surface area contributed by atoms with E-state index in [2.05, 4.69) is 4.57 Å². The molecule has 90 valence electrons. The van der Waals surface area contributed by atoms with Gasteiger partial charge in [0.05, 0.1) is 0 Å². The Bertz CT molecular complexity index is 545. The van der Waals surface area contributed by atoms with Gasteiger partial charge < -0.3 is 9.47 Å². The number of hydrogen-bond acceptors (Lipinski definition) is 1. The van der Waals surface area contributed by atoms with Crippen LogP contribution in [-0.4, -0.2) is 29.5 Å². The zero-order valence-corrected chi connectivity index (χ0v) is 10.7. The van der Waals surface area contributed by atoms with E-state index < -0.39 is 0 Å². The molecule has 0 atom stereocenters. The molecular weight excluding hydrogens is 236 g/mol. The lowest BCUT2D eigenvalue weighted by Gasteiger charge is -2.11. The van der Waals surface area contributed by atoms with Crippen molar-refractivity contribution in [1.82, 2.24) is 9.47 Å². The van der Waals surface area contributed by atoms with Gasteiger partial charge in [0, 0.05) is 43.8 Å². The molecule has 1 aromatic heterocycles. The second-order valence-corrected chi connectivity index (χ2v) is 4.69. The molecule has 17 heavy (non-hydrogen) atoms. The molecule has 0 aliphatic heterocycles. The lowest BCUT2D eigenvalue weighted by Crippen LogP contribution is -2.22. The second kappa shape index (κ2) is 4.80. The van der Waals surface area contributed by atoms with E-state index >= 15 is 0 Å². The zero-order chi connectivity index (χ0) is 12.4. The Morgan fingerprint density at radius 3 is 2.82 bits per heavy atom. The van der Waals surface area contributed by atoms with Gasteiger partial charge >= 0.3 is 0 Å². The molecule has 0 aliphatic carbocycles. The van der Waals surface area contributed by atoms with E-state index in [-0.39, 0.29) is 5.91 Å². The van der Waals surface area contributed by atoms with E-state index in [1.54, 1.807) is 19.0 Å². The first-order valence-electron chi connectivity index (χ1n) is 5.52. The fourth-order valence-electron chi connectivity index (χ4n) is 1.79. The van der Waals surface area contributed by atoms with Crippen LogP contribution in [0.25, 0.3) is 10.9 Å². The van der Waals surface area contributed by atoms with Crippen molar-refractivity contribution in [3.8, 4) is 0 Å². The minimum Gasteiger partial charge on any atom is -0.349 e. The van der Waals surface area contributed by atoms with Gasteiger partial charge in [-0.05, 0) is 23.6 Å². The molecule has 3 nitrogen and oxygen atoms in total. The molecule has 0 unspecified atom stereocenters. The molecule has 2 aromatic rings. The Hall–Kier alpha value is -1.48. The molecule has 0 fully saturated rings. The predicted molar refractivity (Wildman–Crippen MR) is 70.3 cm³/mol. The maximum atomic E-state index is 11.5. The molecule has 0 spiro atoms. The third kappa shape index (κ3) is 2.61. The normalized spacial score (nSPS) is 10.8. The summed E-state index contributed by atoms with van der Waals surface area (Å²) in [5.41, 5.74) is 1.07. The van der Waals surface area contributed by atoms with Crippen molar-refractivity contribution in [3.05, 3.63) is 35.5 Å². The van der Waals surface area contributed by atoms with Gasteiger partial charge in [0.2, 0.25) is 5.91 Å². The Morgan fingerprint density at radius 2 is 2.12 bits per heavy atom. The van der Waals surface area contributed by atoms with E-state index in [0.717, 1.165) is 15.9 Å². The molecule has 1 heterocycles. The highest BCUT2D eigenvalue weighted by atomic mass is 35.5. The van der Waals surface area contributed by atoms with Crippen molar-refractivity contribution in [2.24, 2.45) is 0 Å². The number of carbonyl (C=O) groups is 1. The minimum absolute atomic E-state index is 0.133. The van der Waals surface area contributed by atoms with Gasteiger partial charge in [-0.1, -0.05) is 17.7 Å². The lowest BCUT2D eigenvalue weighted by atomic mass is 10.2. The summed E-state index contributed by atoms with van der Waals surface area (Å²) in [4.78, 5) is 13.1. The van der Waals surface area contributed by atoms with Gasteiger partial charge in [0.1, 0.15) is 0 Å². The highest BCUT2D eigenvalue weighted by Crippen LogP contribution is 2.20. The van der Waals surface area contributed by atoms with Crippen LogP contribution in [0.15, 0.2) is 30.5 Å². The molecule has 0 saturated heterocycles. The van der Waals surface area contributed by atoms with Gasteiger partial charge in [0.15, 0.2) is 0 Å². The number of benzene rings is 1. The molecule has 0 radical (unpaired) electrons. The molecule has 1 amide bonds. The van der Waals surface area contributed by atoms with E-state index in [1.807, 2.05) is 30.5 Å². The van der Waals surface area contributed by atoms with Gasteiger partial charge in [-0.3, -0.25) is 4.79 Å². The van der Waals surface area contributed by atoms with Crippen molar-refractivity contribution >= 4 is 28.4 Å². The quantitative estimate of drug-likeness (QED) is 0.822. The summed E-state index contributed by atoms with van der Waals surface area (Å²) in [7, 11) is 3.54. The first kappa shape index (κ1) is 12.0. The Labute approximate surface area is 106 Å². The Kier molecular flexibility index (Phi) is 3.38. The summed E-state index contributed by atoms with van der Waals surface area (Å²) < 4.78 is 2.06. The number of hydrogen-bond donors (Lipinski definition) is 0. The first-order chi connectivity index (χ1) is 8.08. The van der Waals surface area contributed by atoms with Crippen molar-refractivity contribution in [3.63, 3.8) is 0 Å². The number of nitrogens with zero attached hydrogens (tertiary/aromatic N) is 2. The number of aromatic nitrogens is 1. The minimum atomic E-state index is 0.133. The molecular formula is C13H15ClN2O. The molecule has 0 saturated carbocycles. The second-order valence-electron chi connectivity index (χ2n) is 4.25. The molecule has 0 N–H and O–H groups in total. The summed E-state index contributed by atoms with van der Waals surface area (Å²) in [5.74, 6) is 0.133. The molecule has 2 rings (SSSR count). The Balaban J connectivity index is 2.19. The third-order valence-corrected chi connectivity index (χ3v) is 3.04. The van der Waals surface area contributed by atoms with E-state index in [0.29, 0.717) is 13.0 Å². The molecule has 0 bridgehead atoms. The van der Waals surface area contributed by atoms with E-state index in [9.17, 15) is 4.79 Å². The van der Waals surface area contributed by atoms with Gasteiger partial charge in [0.25, 0.3) is 0 Å². The summed E-state index contributed by atoms with van der Waals surface area (Å²) >= 11 is 5.97. The highest BCUT2D eigenvalue weighted by molar-refractivity contribution is 6.31. The molecule has 4 heteroatoms. The van der Waals surface area contributed by atoms with E-state index in [4.69, 9.17) is 11.6 Å². The third-order valence-electron chi connectivity index (χ3n) is 2.80. The van der Waals surface area contributed by atoms with Gasteiger partial charge in [-0.25, -0.2) is 0 Å².